The predicted molar refractivity (Wildman–Crippen MR) is 133 cm³/mol. The molecular weight excluding hydrogens is 416 g/mol. The van der Waals surface area contributed by atoms with Gasteiger partial charge in [0.05, 0.1) is 4.70 Å². The average molecular weight is 449 g/mol. The van der Waals surface area contributed by atoms with E-state index in [0.717, 1.165) is 64.3 Å². The van der Waals surface area contributed by atoms with E-state index < -0.39 is 0 Å². The van der Waals surface area contributed by atoms with Gasteiger partial charge in [0.1, 0.15) is 5.82 Å². The number of nitrogens with zero attached hydrogens (tertiary/aromatic N) is 4. The first-order valence-electron chi connectivity index (χ1n) is 11.8. The summed E-state index contributed by atoms with van der Waals surface area (Å²) in [6.45, 7) is 9.91. The molecule has 0 radical (unpaired) electrons. The van der Waals surface area contributed by atoms with Gasteiger partial charge in [-0.25, -0.2) is 0 Å². The lowest BCUT2D eigenvalue weighted by Crippen LogP contribution is -2.47. The molecule has 2 aromatic carbocycles. The van der Waals surface area contributed by atoms with E-state index in [1.807, 2.05) is 4.90 Å². The molecule has 0 N–H and O–H groups in total. The van der Waals surface area contributed by atoms with Crippen LogP contribution in [0.3, 0.4) is 0 Å². The molecule has 1 amide bonds. The largest absolute Gasteiger partial charge is 0.353 e. The van der Waals surface area contributed by atoms with Gasteiger partial charge in [-0.2, -0.15) is 4.37 Å². The summed E-state index contributed by atoms with van der Waals surface area (Å²) < 4.78 is 6.00. The smallest absolute Gasteiger partial charge is 0.219 e. The summed E-state index contributed by atoms with van der Waals surface area (Å²) in [5, 5.41) is 1.29. The van der Waals surface area contributed by atoms with Crippen molar-refractivity contribution < 1.29 is 4.79 Å². The minimum atomic E-state index is 0.190. The van der Waals surface area contributed by atoms with Gasteiger partial charge in [-0.3, -0.25) is 9.69 Å². The van der Waals surface area contributed by atoms with Crippen LogP contribution in [-0.4, -0.2) is 65.4 Å². The highest BCUT2D eigenvalue weighted by atomic mass is 32.1. The first-order valence-corrected chi connectivity index (χ1v) is 12.6. The Morgan fingerprint density at radius 3 is 2.66 bits per heavy atom. The Balaban J connectivity index is 1.15. The Bertz CT molecular complexity index is 1100. The SMILES string of the molecule is CCN(C(C)=O)[C@H]1Cc2ccc(CCN3CCN(c4nsc5ccccc45)CC3)cc2C1. The van der Waals surface area contributed by atoms with E-state index in [4.69, 9.17) is 4.37 Å². The molecule has 3 aromatic rings. The van der Waals surface area contributed by atoms with Crippen LogP contribution in [0.4, 0.5) is 5.82 Å². The molecule has 32 heavy (non-hydrogen) atoms. The van der Waals surface area contributed by atoms with Gasteiger partial charge >= 0.3 is 0 Å². The number of piperazine rings is 1. The zero-order valence-electron chi connectivity index (χ0n) is 19.1. The maximum absolute atomic E-state index is 11.9. The molecule has 5 nitrogen and oxygen atoms in total. The lowest BCUT2D eigenvalue weighted by molar-refractivity contribution is -0.130. The average Bonchev–Trinajstić information content (AvgIpc) is 3.42. The highest BCUT2D eigenvalue weighted by molar-refractivity contribution is 7.13. The van der Waals surface area contributed by atoms with E-state index in [-0.39, 0.29) is 5.91 Å². The van der Waals surface area contributed by atoms with Crippen molar-refractivity contribution in [3.05, 3.63) is 59.2 Å². The monoisotopic (exact) mass is 448 g/mol. The Morgan fingerprint density at radius 2 is 1.88 bits per heavy atom. The second-order valence-corrected chi connectivity index (χ2v) is 9.86. The summed E-state index contributed by atoms with van der Waals surface area (Å²) in [6, 6.07) is 15.9. The van der Waals surface area contributed by atoms with E-state index >= 15 is 0 Å². The molecular formula is C26H32N4OS. The standard InChI is InChI=1S/C26H32N4OS/c1-3-30(19(2)31)23-17-21-9-8-20(16-22(21)18-23)10-11-28-12-14-29(15-13-28)26-24-6-4-5-7-25(24)32-27-26/h4-9,16,23H,3,10-15,17-18H2,1-2H3/t23-/m0/s1. The van der Waals surface area contributed by atoms with Gasteiger partial charge in [0.2, 0.25) is 5.91 Å². The third kappa shape index (κ3) is 4.26. The summed E-state index contributed by atoms with van der Waals surface area (Å²) in [4.78, 5) is 19.0. The molecule has 6 heteroatoms. The molecule has 1 aromatic heterocycles. The lowest BCUT2D eigenvalue weighted by atomic mass is 10.0. The Labute approximate surface area is 194 Å². The van der Waals surface area contributed by atoms with Gasteiger partial charge < -0.3 is 9.80 Å². The van der Waals surface area contributed by atoms with Crippen molar-refractivity contribution in [2.75, 3.05) is 44.2 Å². The van der Waals surface area contributed by atoms with Gasteiger partial charge in [-0.15, -0.1) is 0 Å². The van der Waals surface area contributed by atoms with E-state index in [1.54, 1.807) is 18.5 Å². The van der Waals surface area contributed by atoms with Crippen LogP contribution in [0.15, 0.2) is 42.5 Å². The highest BCUT2D eigenvalue weighted by Crippen LogP contribution is 2.30. The molecule has 1 aliphatic carbocycles. The highest BCUT2D eigenvalue weighted by Gasteiger charge is 2.27. The Hall–Kier alpha value is -2.44. The number of amides is 1. The fraction of sp³-hybridized carbons (Fsp3) is 0.462. The fourth-order valence-corrected chi connectivity index (χ4v) is 6.13. The zero-order chi connectivity index (χ0) is 22.1. The molecule has 2 aliphatic rings. The van der Waals surface area contributed by atoms with Gasteiger partial charge in [-0.1, -0.05) is 30.3 Å². The van der Waals surface area contributed by atoms with Gasteiger partial charge in [0, 0.05) is 57.6 Å². The van der Waals surface area contributed by atoms with E-state index in [0.29, 0.717) is 6.04 Å². The summed E-state index contributed by atoms with van der Waals surface area (Å²) >= 11 is 1.60. The predicted octanol–water partition coefficient (Wildman–Crippen LogP) is 4.00. The molecule has 1 atom stereocenters. The fourth-order valence-electron chi connectivity index (χ4n) is 5.33. The molecule has 5 rings (SSSR count). The van der Waals surface area contributed by atoms with Crippen LogP contribution >= 0.6 is 11.5 Å². The van der Waals surface area contributed by atoms with Crippen molar-refractivity contribution in [3.8, 4) is 0 Å². The Kier molecular flexibility index (Phi) is 6.15. The van der Waals surface area contributed by atoms with Crippen molar-refractivity contribution in [3.63, 3.8) is 0 Å². The number of carbonyl (C=O) groups is 1. The van der Waals surface area contributed by atoms with Crippen molar-refractivity contribution >= 4 is 33.3 Å². The topological polar surface area (TPSA) is 39.7 Å². The summed E-state index contributed by atoms with van der Waals surface area (Å²) in [5.41, 5.74) is 4.28. The minimum absolute atomic E-state index is 0.190. The number of rotatable bonds is 6. The number of likely N-dealkylation sites (N-methyl/N-ethyl adjacent to an activating group) is 1. The number of hydrogen-bond acceptors (Lipinski definition) is 5. The number of anilines is 1. The van der Waals surface area contributed by atoms with Crippen LogP contribution in [0.5, 0.6) is 0 Å². The van der Waals surface area contributed by atoms with Crippen molar-refractivity contribution in [1.29, 1.82) is 0 Å². The van der Waals surface area contributed by atoms with Crippen molar-refractivity contribution in [2.24, 2.45) is 0 Å². The second-order valence-electron chi connectivity index (χ2n) is 9.05. The maximum atomic E-state index is 11.9. The van der Waals surface area contributed by atoms with Crippen LogP contribution in [0.25, 0.3) is 10.1 Å². The van der Waals surface area contributed by atoms with Crippen LogP contribution in [-0.2, 0) is 24.1 Å². The summed E-state index contributed by atoms with van der Waals surface area (Å²) in [6.07, 6.45) is 3.08. The van der Waals surface area contributed by atoms with Crippen LogP contribution in [0.1, 0.15) is 30.5 Å². The molecule has 1 fully saturated rings. The first-order chi connectivity index (χ1) is 15.6. The number of carbonyl (C=O) groups excluding carboxylic acids is 1. The number of aromatic nitrogens is 1. The molecule has 168 valence electrons. The number of fused-ring (bicyclic) bond motifs is 2. The van der Waals surface area contributed by atoms with Gasteiger partial charge in [0.15, 0.2) is 0 Å². The number of hydrogen-bond donors (Lipinski definition) is 0. The molecule has 0 unspecified atom stereocenters. The van der Waals surface area contributed by atoms with E-state index in [1.165, 1.54) is 26.8 Å². The Morgan fingerprint density at radius 1 is 1.09 bits per heavy atom. The molecule has 1 saturated heterocycles. The lowest BCUT2D eigenvalue weighted by Gasteiger charge is -2.35. The van der Waals surface area contributed by atoms with Crippen molar-refractivity contribution in [1.82, 2.24) is 14.2 Å². The molecule has 0 spiro atoms. The summed E-state index contributed by atoms with van der Waals surface area (Å²) in [5.74, 6) is 1.35. The zero-order valence-corrected chi connectivity index (χ0v) is 19.9. The normalized spacial score (nSPS) is 18.8. The van der Waals surface area contributed by atoms with Crippen molar-refractivity contribution in [2.45, 2.75) is 39.2 Å². The van der Waals surface area contributed by atoms with Gasteiger partial charge in [-0.05, 0) is 66.5 Å². The molecule has 0 saturated carbocycles. The molecule has 2 heterocycles. The van der Waals surface area contributed by atoms with Crippen LogP contribution < -0.4 is 4.90 Å². The third-order valence-corrected chi connectivity index (χ3v) is 7.93. The number of benzene rings is 2. The molecule has 1 aliphatic heterocycles. The third-order valence-electron chi connectivity index (χ3n) is 7.11. The molecule has 0 bridgehead atoms. The second kappa shape index (κ2) is 9.20. The maximum Gasteiger partial charge on any atom is 0.219 e. The van der Waals surface area contributed by atoms with E-state index in [2.05, 4.69) is 59.2 Å². The quantitative estimate of drug-likeness (QED) is 0.572. The first kappa shape index (κ1) is 21.4. The minimum Gasteiger partial charge on any atom is -0.353 e. The van der Waals surface area contributed by atoms with Gasteiger partial charge in [0.25, 0.3) is 0 Å². The summed E-state index contributed by atoms with van der Waals surface area (Å²) in [7, 11) is 0. The van der Waals surface area contributed by atoms with Crippen LogP contribution in [0, 0.1) is 0 Å². The van der Waals surface area contributed by atoms with E-state index in [9.17, 15) is 4.79 Å². The van der Waals surface area contributed by atoms with Crippen LogP contribution in [0.2, 0.25) is 0 Å².